The lowest BCUT2D eigenvalue weighted by atomic mass is 9.93. The van der Waals surface area contributed by atoms with Crippen molar-refractivity contribution in [2.24, 2.45) is 0 Å². The molecule has 2 atom stereocenters. The predicted molar refractivity (Wildman–Crippen MR) is 237 cm³/mol. The first-order valence-corrected chi connectivity index (χ1v) is 20.9. The third-order valence-electron chi connectivity index (χ3n) is 10.6. The van der Waals surface area contributed by atoms with Gasteiger partial charge in [0.15, 0.2) is 17.6 Å². The molecule has 0 amide bonds. The molecule has 2 heterocycles. The SMILES string of the molecule is c1ccc(COc2cc(OCc3ccccc3)c3c(c2)O[C@H](c2ccc(OCc4ccccc4)c(OCc4ccccc4)c2)[C@H](OCc2cn(Cc4ccccc4)nn2)C3)cc1. The quantitative estimate of drug-likeness (QED) is 0.0846. The van der Waals surface area contributed by atoms with Gasteiger partial charge in [-0.1, -0.05) is 163 Å². The molecule has 0 spiro atoms. The summed E-state index contributed by atoms with van der Waals surface area (Å²) < 4.78 is 41.6. The molecule has 0 saturated carbocycles. The number of aromatic nitrogens is 3. The van der Waals surface area contributed by atoms with Crippen molar-refractivity contribution >= 4 is 0 Å². The molecule has 8 aromatic rings. The highest BCUT2D eigenvalue weighted by Crippen LogP contribution is 2.45. The van der Waals surface area contributed by atoms with Crippen molar-refractivity contribution < 1.29 is 28.4 Å². The Labute approximate surface area is 362 Å². The molecule has 0 fully saturated rings. The minimum Gasteiger partial charge on any atom is -0.489 e. The molecule has 1 aromatic heterocycles. The summed E-state index contributed by atoms with van der Waals surface area (Å²) in [4.78, 5) is 0. The van der Waals surface area contributed by atoms with Crippen molar-refractivity contribution in [1.29, 1.82) is 0 Å². The second-order valence-electron chi connectivity index (χ2n) is 15.2. The molecule has 1 aliphatic rings. The molecule has 0 unspecified atom stereocenters. The Hall–Kier alpha value is -7.36. The second kappa shape index (κ2) is 19.8. The number of hydrogen-bond donors (Lipinski definition) is 0. The third-order valence-corrected chi connectivity index (χ3v) is 10.6. The van der Waals surface area contributed by atoms with Gasteiger partial charge in [0, 0.05) is 24.1 Å². The van der Waals surface area contributed by atoms with E-state index < -0.39 is 12.2 Å². The van der Waals surface area contributed by atoms with Crippen LogP contribution in [0.1, 0.15) is 50.7 Å². The monoisotopic (exact) mass is 821 g/mol. The van der Waals surface area contributed by atoms with E-state index in [0.717, 1.165) is 38.9 Å². The zero-order chi connectivity index (χ0) is 41.8. The molecule has 0 bridgehead atoms. The molecule has 0 N–H and O–H groups in total. The first-order chi connectivity index (χ1) is 30.7. The van der Waals surface area contributed by atoms with Crippen LogP contribution in [0.15, 0.2) is 188 Å². The normalized spacial score (nSPS) is 14.3. The minimum absolute atomic E-state index is 0.225. The summed E-state index contributed by atoms with van der Waals surface area (Å²) in [7, 11) is 0. The predicted octanol–water partition coefficient (Wildman–Crippen LogP) is 10.9. The van der Waals surface area contributed by atoms with E-state index in [2.05, 4.69) is 34.6 Å². The Morgan fingerprint density at radius 2 is 1.02 bits per heavy atom. The minimum atomic E-state index is -0.546. The van der Waals surface area contributed by atoms with E-state index >= 15 is 0 Å². The lowest BCUT2D eigenvalue weighted by Gasteiger charge is -2.35. The summed E-state index contributed by atoms with van der Waals surface area (Å²) in [5.41, 5.74) is 7.82. The van der Waals surface area contributed by atoms with Crippen LogP contribution in [-0.2, 0) is 50.7 Å². The Morgan fingerprint density at radius 3 is 1.60 bits per heavy atom. The fraction of sp³-hybridized carbons (Fsp3) is 0.170. The van der Waals surface area contributed by atoms with Gasteiger partial charge in [-0.25, -0.2) is 4.68 Å². The molecule has 9 rings (SSSR count). The summed E-state index contributed by atoms with van der Waals surface area (Å²) in [5.74, 6) is 3.21. The Balaban J connectivity index is 1.04. The van der Waals surface area contributed by atoms with E-state index in [9.17, 15) is 0 Å². The highest BCUT2D eigenvalue weighted by atomic mass is 16.5. The maximum absolute atomic E-state index is 7.05. The number of rotatable bonds is 18. The number of hydrogen-bond acceptors (Lipinski definition) is 8. The maximum atomic E-state index is 7.05. The highest BCUT2D eigenvalue weighted by Gasteiger charge is 2.36. The molecule has 62 heavy (non-hydrogen) atoms. The summed E-state index contributed by atoms with van der Waals surface area (Å²) >= 11 is 0. The molecule has 9 nitrogen and oxygen atoms in total. The van der Waals surface area contributed by atoms with Crippen LogP contribution in [0.3, 0.4) is 0 Å². The van der Waals surface area contributed by atoms with Crippen LogP contribution in [0.2, 0.25) is 0 Å². The lowest BCUT2D eigenvalue weighted by molar-refractivity contribution is -0.0478. The van der Waals surface area contributed by atoms with Gasteiger partial charge in [0.05, 0.1) is 19.3 Å². The molecule has 310 valence electrons. The topological polar surface area (TPSA) is 86.1 Å². The molecule has 9 heteroatoms. The van der Waals surface area contributed by atoms with Crippen LogP contribution in [0, 0.1) is 0 Å². The zero-order valence-corrected chi connectivity index (χ0v) is 34.3. The molecule has 0 aliphatic carbocycles. The average molecular weight is 822 g/mol. The number of benzene rings is 7. The fourth-order valence-corrected chi connectivity index (χ4v) is 7.39. The Morgan fingerprint density at radius 1 is 0.500 bits per heavy atom. The van der Waals surface area contributed by atoms with Crippen molar-refractivity contribution in [3.63, 3.8) is 0 Å². The largest absolute Gasteiger partial charge is 0.489 e. The van der Waals surface area contributed by atoms with Gasteiger partial charge < -0.3 is 28.4 Å². The Kier molecular flexibility index (Phi) is 12.8. The van der Waals surface area contributed by atoms with E-state index in [4.69, 9.17) is 28.4 Å². The third kappa shape index (κ3) is 10.5. The second-order valence-corrected chi connectivity index (χ2v) is 15.2. The van der Waals surface area contributed by atoms with Gasteiger partial charge in [-0.15, -0.1) is 5.10 Å². The molecule has 0 radical (unpaired) electrons. The first-order valence-electron chi connectivity index (χ1n) is 20.9. The number of nitrogens with zero attached hydrogens (tertiary/aromatic N) is 3. The van der Waals surface area contributed by atoms with Gasteiger partial charge in [-0.2, -0.15) is 0 Å². The number of fused-ring (bicyclic) bond motifs is 1. The lowest BCUT2D eigenvalue weighted by Crippen LogP contribution is -2.33. The summed E-state index contributed by atoms with van der Waals surface area (Å²) in [6.07, 6.45) is 1.43. The van der Waals surface area contributed by atoms with E-state index in [-0.39, 0.29) is 6.61 Å². The summed E-state index contributed by atoms with van der Waals surface area (Å²) in [6, 6.07) is 60.5. The van der Waals surface area contributed by atoms with Gasteiger partial charge in [-0.05, 0) is 45.5 Å². The standard InChI is InChI=1S/C53H47N3O6/c1-6-16-39(17-7-1)32-56-33-45(54-55-56)38-61-52-31-47-49(59-36-42-22-12-4-13-23-42)29-46(57-34-40-18-8-2-9-19-40)30-50(47)62-53(52)44-26-27-48(58-35-41-20-10-3-11-21-41)51(28-44)60-37-43-24-14-5-15-25-43/h1-30,33,52-53H,31-32,34-38H2/t52-,53-/m1/s1. The molecule has 1 aliphatic heterocycles. The van der Waals surface area contributed by atoms with E-state index in [0.29, 0.717) is 73.8 Å². The van der Waals surface area contributed by atoms with E-state index in [1.807, 2.05) is 169 Å². The van der Waals surface area contributed by atoms with E-state index in [1.165, 1.54) is 0 Å². The van der Waals surface area contributed by atoms with Crippen molar-refractivity contribution in [1.82, 2.24) is 15.0 Å². The molecular weight excluding hydrogens is 775 g/mol. The van der Waals surface area contributed by atoms with Crippen LogP contribution in [0.25, 0.3) is 0 Å². The smallest absolute Gasteiger partial charge is 0.162 e. The molecular formula is C53H47N3O6. The summed E-state index contributed by atoms with van der Waals surface area (Å²) in [6.45, 7) is 2.36. The van der Waals surface area contributed by atoms with Crippen LogP contribution in [0.5, 0.6) is 28.7 Å². The highest BCUT2D eigenvalue weighted by molar-refractivity contribution is 5.53. The van der Waals surface area contributed by atoms with Crippen molar-refractivity contribution in [3.05, 3.63) is 233 Å². The number of ether oxygens (including phenoxy) is 6. The van der Waals surface area contributed by atoms with Gasteiger partial charge in [0.1, 0.15) is 55.5 Å². The molecule has 7 aromatic carbocycles. The Bertz CT molecular complexity index is 2630. The van der Waals surface area contributed by atoms with Gasteiger partial charge in [0.2, 0.25) is 0 Å². The van der Waals surface area contributed by atoms with Gasteiger partial charge >= 0.3 is 0 Å². The van der Waals surface area contributed by atoms with Crippen LogP contribution in [-0.4, -0.2) is 21.1 Å². The fourth-order valence-electron chi connectivity index (χ4n) is 7.39. The van der Waals surface area contributed by atoms with Crippen LogP contribution >= 0.6 is 0 Å². The maximum Gasteiger partial charge on any atom is 0.162 e. The zero-order valence-electron chi connectivity index (χ0n) is 34.3. The van der Waals surface area contributed by atoms with E-state index in [1.54, 1.807) is 0 Å². The van der Waals surface area contributed by atoms with Crippen LogP contribution < -0.4 is 23.7 Å². The van der Waals surface area contributed by atoms with Crippen molar-refractivity contribution in [3.8, 4) is 28.7 Å². The van der Waals surface area contributed by atoms with Gasteiger partial charge in [0.25, 0.3) is 0 Å². The summed E-state index contributed by atoms with van der Waals surface area (Å²) in [5, 5.41) is 8.87. The average Bonchev–Trinajstić information content (AvgIpc) is 3.79. The van der Waals surface area contributed by atoms with Gasteiger partial charge in [-0.3, -0.25) is 0 Å². The molecule has 0 saturated heterocycles. The first kappa shape index (κ1) is 40.1. The van der Waals surface area contributed by atoms with Crippen LogP contribution in [0.4, 0.5) is 0 Å². The van der Waals surface area contributed by atoms with Crippen molar-refractivity contribution in [2.45, 2.75) is 58.2 Å². The van der Waals surface area contributed by atoms with Crippen molar-refractivity contribution in [2.75, 3.05) is 0 Å².